The minimum absolute atomic E-state index is 0.428. The van der Waals surface area contributed by atoms with E-state index >= 15 is 0 Å². The Morgan fingerprint density at radius 3 is 2.00 bits per heavy atom. The second kappa shape index (κ2) is 4.76. The molecule has 0 heterocycles. The highest BCUT2D eigenvalue weighted by Gasteiger charge is 2.50. The summed E-state index contributed by atoms with van der Waals surface area (Å²) in [4.78, 5) is 11.2. The number of aliphatic hydroxyl groups excluding tert-OH is 1. The van der Waals surface area contributed by atoms with E-state index < -0.39 is 18.0 Å². The lowest BCUT2D eigenvalue weighted by molar-refractivity contribution is -0.146. The number of carboxylic acids is 1. The van der Waals surface area contributed by atoms with Crippen LogP contribution < -0.4 is 0 Å². The molecule has 0 aliphatic heterocycles. The third kappa shape index (κ3) is 2.54. The van der Waals surface area contributed by atoms with Gasteiger partial charge in [0.05, 0.1) is 12.0 Å². The molecule has 0 aromatic heterocycles. The molecule has 4 rings (SSSR count). The lowest BCUT2D eigenvalue weighted by Crippen LogP contribution is -2.46. The van der Waals surface area contributed by atoms with Crippen LogP contribution in [-0.4, -0.2) is 22.3 Å². The first-order chi connectivity index (χ1) is 8.97. The first kappa shape index (κ1) is 13.4. The minimum atomic E-state index is -0.834. The van der Waals surface area contributed by atoms with Crippen molar-refractivity contribution in [3.63, 3.8) is 0 Å². The summed E-state index contributed by atoms with van der Waals surface area (Å²) >= 11 is 0. The Balaban J connectivity index is 1.64. The van der Waals surface area contributed by atoms with Gasteiger partial charge in [-0.3, -0.25) is 4.79 Å². The first-order valence-electron chi connectivity index (χ1n) is 7.88. The summed E-state index contributed by atoms with van der Waals surface area (Å²) in [5.74, 6) is 1.34. The summed E-state index contributed by atoms with van der Waals surface area (Å²) in [6.45, 7) is 1.61. The van der Waals surface area contributed by atoms with Crippen molar-refractivity contribution < 1.29 is 15.0 Å². The molecule has 19 heavy (non-hydrogen) atoms. The highest BCUT2D eigenvalue weighted by molar-refractivity contribution is 5.70. The van der Waals surface area contributed by atoms with Crippen molar-refractivity contribution in [1.29, 1.82) is 0 Å². The highest BCUT2D eigenvalue weighted by atomic mass is 16.4. The van der Waals surface area contributed by atoms with Gasteiger partial charge in [0.2, 0.25) is 0 Å². The maximum atomic E-state index is 11.2. The van der Waals surface area contributed by atoms with Crippen molar-refractivity contribution >= 4 is 5.97 Å². The molecule has 2 atom stereocenters. The molecule has 3 heteroatoms. The first-order valence-corrected chi connectivity index (χ1v) is 7.88. The van der Waals surface area contributed by atoms with E-state index in [4.69, 9.17) is 0 Å². The molecule has 4 saturated carbocycles. The van der Waals surface area contributed by atoms with Crippen LogP contribution in [0.25, 0.3) is 0 Å². The molecule has 2 unspecified atom stereocenters. The average molecular weight is 266 g/mol. The Labute approximate surface area is 115 Å². The number of hydrogen-bond acceptors (Lipinski definition) is 2. The maximum Gasteiger partial charge on any atom is 0.309 e. The zero-order valence-corrected chi connectivity index (χ0v) is 11.8. The molecule has 0 aromatic rings. The van der Waals surface area contributed by atoms with Crippen LogP contribution in [0.15, 0.2) is 0 Å². The van der Waals surface area contributed by atoms with Gasteiger partial charge in [-0.05, 0) is 81.5 Å². The molecule has 2 N–H and O–H groups in total. The number of aliphatic carboxylic acids is 1. The summed E-state index contributed by atoms with van der Waals surface area (Å²) in [6, 6.07) is 0. The number of hydrogen-bond donors (Lipinski definition) is 2. The maximum absolute atomic E-state index is 11.2. The SMILES string of the molecule is CC(O)C(CCC12CC3CC(CC(C3)C1)C2)C(=O)O. The molecule has 0 amide bonds. The van der Waals surface area contributed by atoms with Crippen LogP contribution >= 0.6 is 0 Å². The quantitative estimate of drug-likeness (QED) is 0.804. The fraction of sp³-hybridized carbons (Fsp3) is 0.938. The van der Waals surface area contributed by atoms with Crippen LogP contribution in [-0.2, 0) is 4.79 Å². The van der Waals surface area contributed by atoms with Crippen molar-refractivity contribution in [2.75, 3.05) is 0 Å². The van der Waals surface area contributed by atoms with Crippen LogP contribution in [0, 0.1) is 29.1 Å². The fourth-order valence-electron chi connectivity index (χ4n) is 5.63. The second-order valence-corrected chi connectivity index (χ2v) is 7.64. The van der Waals surface area contributed by atoms with E-state index in [2.05, 4.69) is 0 Å². The summed E-state index contributed by atoms with van der Waals surface area (Å²) in [5, 5.41) is 18.8. The van der Waals surface area contributed by atoms with Crippen LogP contribution in [0.5, 0.6) is 0 Å². The molecule has 4 bridgehead atoms. The molecule has 4 aliphatic rings. The van der Waals surface area contributed by atoms with Gasteiger partial charge in [0.1, 0.15) is 0 Å². The van der Waals surface area contributed by atoms with Gasteiger partial charge in [0, 0.05) is 0 Å². The summed E-state index contributed by atoms with van der Waals surface area (Å²) in [6.07, 6.45) is 9.19. The number of carboxylic acid groups (broad SMARTS) is 1. The predicted octanol–water partition coefficient (Wildman–Crippen LogP) is 3.06. The molecular weight excluding hydrogens is 240 g/mol. The van der Waals surface area contributed by atoms with Crippen molar-refractivity contribution in [2.24, 2.45) is 29.1 Å². The second-order valence-electron chi connectivity index (χ2n) is 7.64. The Morgan fingerprint density at radius 1 is 1.16 bits per heavy atom. The number of aliphatic hydroxyl groups is 1. The highest BCUT2D eigenvalue weighted by Crippen LogP contribution is 2.61. The molecule has 3 nitrogen and oxygen atoms in total. The molecular formula is C16H26O3. The van der Waals surface area contributed by atoms with E-state index in [1.807, 2.05) is 0 Å². The Bertz CT molecular complexity index is 326. The molecule has 108 valence electrons. The standard InChI is InChI=1S/C16H26O3/c1-10(17)14(15(18)19)2-3-16-7-11-4-12(8-16)6-13(5-11)9-16/h10-14,17H,2-9H2,1H3,(H,18,19). The lowest BCUT2D eigenvalue weighted by atomic mass is 9.48. The minimum Gasteiger partial charge on any atom is -0.481 e. The van der Waals surface area contributed by atoms with Gasteiger partial charge >= 0.3 is 5.97 Å². The molecule has 4 fully saturated rings. The van der Waals surface area contributed by atoms with Gasteiger partial charge in [-0.2, -0.15) is 0 Å². The van der Waals surface area contributed by atoms with Crippen LogP contribution in [0.4, 0.5) is 0 Å². The largest absolute Gasteiger partial charge is 0.481 e. The van der Waals surface area contributed by atoms with Gasteiger partial charge in [-0.25, -0.2) is 0 Å². The van der Waals surface area contributed by atoms with Crippen molar-refractivity contribution in [1.82, 2.24) is 0 Å². The summed E-state index contributed by atoms with van der Waals surface area (Å²) in [7, 11) is 0. The molecule has 0 aromatic carbocycles. The topological polar surface area (TPSA) is 57.5 Å². The van der Waals surface area contributed by atoms with E-state index in [-0.39, 0.29) is 0 Å². The number of carbonyl (C=O) groups is 1. The van der Waals surface area contributed by atoms with E-state index in [1.54, 1.807) is 6.92 Å². The van der Waals surface area contributed by atoms with Gasteiger partial charge in [0.25, 0.3) is 0 Å². The number of rotatable bonds is 5. The van der Waals surface area contributed by atoms with Crippen LogP contribution in [0.3, 0.4) is 0 Å². The normalized spacial score (nSPS) is 43.2. The zero-order valence-electron chi connectivity index (χ0n) is 11.8. The van der Waals surface area contributed by atoms with Gasteiger partial charge in [-0.1, -0.05) is 0 Å². The summed E-state index contributed by atoms with van der Waals surface area (Å²) < 4.78 is 0. The van der Waals surface area contributed by atoms with Crippen LogP contribution in [0.1, 0.15) is 58.3 Å². The Morgan fingerprint density at radius 2 is 1.63 bits per heavy atom. The zero-order chi connectivity index (χ0) is 13.6. The van der Waals surface area contributed by atoms with Crippen LogP contribution in [0.2, 0.25) is 0 Å². The van der Waals surface area contributed by atoms with Crippen molar-refractivity contribution in [2.45, 2.75) is 64.4 Å². The molecule has 0 radical (unpaired) electrons. The smallest absolute Gasteiger partial charge is 0.309 e. The lowest BCUT2D eigenvalue weighted by Gasteiger charge is -2.57. The molecule has 0 spiro atoms. The molecule has 4 aliphatic carbocycles. The van der Waals surface area contributed by atoms with Gasteiger partial charge in [-0.15, -0.1) is 0 Å². The van der Waals surface area contributed by atoms with E-state index in [0.717, 1.165) is 24.2 Å². The van der Waals surface area contributed by atoms with Crippen molar-refractivity contribution in [3.05, 3.63) is 0 Å². The third-order valence-corrected chi connectivity index (χ3v) is 6.05. The summed E-state index contributed by atoms with van der Waals surface area (Å²) in [5.41, 5.74) is 0.428. The van der Waals surface area contributed by atoms with Gasteiger partial charge < -0.3 is 10.2 Å². The Kier molecular flexibility index (Phi) is 3.36. The van der Waals surface area contributed by atoms with E-state index in [0.29, 0.717) is 11.8 Å². The third-order valence-electron chi connectivity index (χ3n) is 6.05. The Hall–Kier alpha value is -0.570. The average Bonchev–Trinajstić information content (AvgIpc) is 2.25. The van der Waals surface area contributed by atoms with Crippen molar-refractivity contribution in [3.8, 4) is 0 Å². The van der Waals surface area contributed by atoms with E-state index in [1.165, 1.54) is 38.5 Å². The fourth-order valence-corrected chi connectivity index (χ4v) is 5.63. The monoisotopic (exact) mass is 266 g/mol. The predicted molar refractivity (Wildman–Crippen MR) is 72.6 cm³/mol. The molecule has 0 saturated heterocycles. The van der Waals surface area contributed by atoms with Gasteiger partial charge in [0.15, 0.2) is 0 Å². The van der Waals surface area contributed by atoms with E-state index in [9.17, 15) is 15.0 Å².